The Balaban J connectivity index is 1.85. The molecule has 0 radical (unpaired) electrons. The molecule has 1 aliphatic carbocycles. The first-order valence-electron chi connectivity index (χ1n) is 15.1. The molecule has 0 unspecified atom stereocenters. The molecule has 0 aromatic carbocycles. The third kappa shape index (κ3) is 8.32. The van der Waals surface area contributed by atoms with Gasteiger partial charge in [-0.05, 0) is 57.1 Å². The number of esters is 2. The van der Waals surface area contributed by atoms with Gasteiger partial charge < -0.3 is 40.1 Å². The Labute approximate surface area is 259 Å². The van der Waals surface area contributed by atoms with Gasteiger partial charge in [0.15, 0.2) is 11.9 Å². The first kappa shape index (κ1) is 35.4. The normalized spacial score (nSPS) is 25.8. The minimum absolute atomic E-state index is 0.0461. The highest BCUT2D eigenvalue weighted by Crippen LogP contribution is 2.41. The molecule has 5 atom stereocenters. The van der Waals surface area contributed by atoms with E-state index in [-0.39, 0.29) is 24.3 Å². The van der Waals surface area contributed by atoms with Crippen LogP contribution in [0.1, 0.15) is 91.5 Å². The minimum Gasteiger partial charge on any atom is -0.463 e. The summed E-state index contributed by atoms with van der Waals surface area (Å²) in [6.07, 6.45) is 2.83. The number of hydrogen-bond donors (Lipinski definition) is 5. The number of carbonyl (C=O) groups is 3. The van der Waals surface area contributed by atoms with Gasteiger partial charge in [0, 0.05) is 13.5 Å². The van der Waals surface area contributed by atoms with Crippen molar-refractivity contribution in [1.82, 2.24) is 10.3 Å². The molecule has 1 aromatic rings. The predicted molar refractivity (Wildman–Crippen MR) is 163 cm³/mol. The summed E-state index contributed by atoms with van der Waals surface area (Å²) < 4.78 is 22.9. The van der Waals surface area contributed by atoms with Crippen molar-refractivity contribution in [1.29, 1.82) is 5.41 Å². The van der Waals surface area contributed by atoms with E-state index in [1.165, 1.54) is 13.5 Å². The zero-order chi connectivity index (χ0) is 32.9. The van der Waals surface area contributed by atoms with E-state index in [9.17, 15) is 19.5 Å². The average Bonchev–Trinajstić information content (AvgIpc) is 3.56. The standard InChI is InChI=1S/C31H49N5O8/c1-29(2,3)24(33)27(39)43-23-20(16-42-22(37)15-18-11-9-8-10-12-18)44-31(6,25(23)38)21-14-13-19(35-21)26(34-17-32)36-28(40)30(4,5)41-7/h13-14,17-18,20,23-25,35,38H,8-12,15-16,33H2,1-7H3,(H2,32,34,36,40)/t20-,23-,24-,25-,31+/m1/s1. The van der Waals surface area contributed by atoms with Crippen molar-refractivity contribution < 1.29 is 38.4 Å². The van der Waals surface area contributed by atoms with Crippen LogP contribution in [0.5, 0.6) is 0 Å². The summed E-state index contributed by atoms with van der Waals surface area (Å²) in [4.78, 5) is 45.6. The Morgan fingerprint density at radius 2 is 1.89 bits per heavy atom. The molecule has 1 aliphatic heterocycles. The van der Waals surface area contributed by atoms with Crippen molar-refractivity contribution in [3.8, 4) is 0 Å². The summed E-state index contributed by atoms with van der Waals surface area (Å²) in [6, 6.07) is 2.25. The SMILES string of the molecule is COC(C)(C)C(=O)NC(=NC=N)c1ccc([C@]2(C)O[C@H](COC(=O)CC3CCCCC3)[C@@H](OC(=O)[C@@H](N)C(C)(C)C)[C@H]2O)[nH]1. The summed E-state index contributed by atoms with van der Waals surface area (Å²) in [6.45, 7) is 9.95. The van der Waals surface area contributed by atoms with Gasteiger partial charge in [0.05, 0.1) is 11.4 Å². The van der Waals surface area contributed by atoms with Crippen molar-refractivity contribution in [2.24, 2.45) is 22.1 Å². The van der Waals surface area contributed by atoms with Crippen LogP contribution in [0.15, 0.2) is 17.1 Å². The molecule has 2 aliphatic rings. The number of aliphatic hydroxyl groups is 1. The summed E-state index contributed by atoms with van der Waals surface area (Å²) in [5.41, 5.74) is 3.62. The first-order chi connectivity index (χ1) is 20.5. The Morgan fingerprint density at radius 3 is 2.48 bits per heavy atom. The molecule has 0 spiro atoms. The van der Waals surface area contributed by atoms with Gasteiger partial charge in [0.1, 0.15) is 42.4 Å². The molecule has 246 valence electrons. The maximum atomic E-state index is 13.0. The molecule has 2 heterocycles. The van der Waals surface area contributed by atoms with Gasteiger partial charge >= 0.3 is 11.9 Å². The first-order valence-corrected chi connectivity index (χ1v) is 15.1. The molecule has 13 heteroatoms. The van der Waals surface area contributed by atoms with E-state index in [1.54, 1.807) is 53.7 Å². The number of methoxy groups -OCH3 is 1. The minimum atomic E-state index is -1.46. The number of amides is 1. The molecular formula is C31H49N5O8. The summed E-state index contributed by atoms with van der Waals surface area (Å²) in [5.74, 6) is -1.25. The third-order valence-electron chi connectivity index (χ3n) is 8.62. The Morgan fingerprint density at radius 1 is 1.23 bits per heavy atom. The van der Waals surface area contributed by atoms with E-state index in [0.29, 0.717) is 17.8 Å². The molecule has 1 saturated carbocycles. The van der Waals surface area contributed by atoms with Crippen LogP contribution in [0, 0.1) is 16.7 Å². The molecule has 2 fully saturated rings. The van der Waals surface area contributed by atoms with Gasteiger partial charge in [-0.1, -0.05) is 40.0 Å². The van der Waals surface area contributed by atoms with Crippen LogP contribution in [0.25, 0.3) is 0 Å². The lowest BCUT2D eigenvalue weighted by atomic mass is 9.87. The number of H-pyrrole nitrogens is 1. The fourth-order valence-corrected chi connectivity index (χ4v) is 5.29. The zero-order valence-electron chi connectivity index (χ0n) is 26.9. The number of nitrogens with two attached hydrogens (primary N) is 1. The molecule has 0 bridgehead atoms. The highest BCUT2D eigenvalue weighted by atomic mass is 16.6. The molecular weight excluding hydrogens is 570 g/mol. The van der Waals surface area contributed by atoms with E-state index >= 15 is 0 Å². The van der Waals surface area contributed by atoms with Crippen molar-refractivity contribution >= 4 is 30.0 Å². The molecule has 3 rings (SSSR count). The lowest BCUT2D eigenvalue weighted by Gasteiger charge is -2.29. The topological polar surface area (TPSA) is 198 Å². The van der Waals surface area contributed by atoms with Crippen LogP contribution in [0.3, 0.4) is 0 Å². The molecule has 1 aromatic heterocycles. The molecule has 44 heavy (non-hydrogen) atoms. The Kier molecular flexibility index (Phi) is 11.5. The summed E-state index contributed by atoms with van der Waals surface area (Å²) >= 11 is 0. The lowest BCUT2D eigenvalue weighted by Crippen LogP contribution is -2.48. The zero-order valence-corrected chi connectivity index (χ0v) is 26.9. The van der Waals surface area contributed by atoms with E-state index < -0.39 is 52.8 Å². The van der Waals surface area contributed by atoms with Crippen molar-refractivity contribution in [3.63, 3.8) is 0 Å². The quantitative estimate of drug-likeness (QED) is 0.140. The maximum Gasteiger partial charge on any atom is 0.323 e. The number of aliphatic hydroxyl groups excluding tert-OH is 1. The van der Waals surface area contributed by atoms with Gasteiger partial charge in [-0.3, -0.25) is 19.8 Å². The van der Waals surface area contributed by atoms with Crippen LogP contribution in [-0.4, -0.2) is 83.8 Å². The Bertz CT molecular complexity index is 1220. The van der Waals surface area contributed by atoms with Gasteiger partial charge in [-0.15, -0.1) is 0 Å². The fraction of sp³-hybridized carbons (Fsp3) is 0.710. The number of hydrogen-bond acceptors (Lipinski definition) is 10. The van der Waals surface area contributed by atoms with Gasteiger partial charge in [0.2, 0.25) is 0 Å². The van der Waals surface area contributed by atoms with Crippen LogP contribution in [0.2, 0.25) is 0 Å². The number of rotatable bonds is 11. The van der Waals surface area contributed by atoms with Crippen LogP contribution in [0.4, 0.5) is 0 Å². The highest BCUT2D eigenvalue weighted by molar-refractivity contribution is 6.10. The number of aromatic amines is 1. The van der Waals surface area contributed by atoms with Gasteiger partial charge in [-0.25, -0.2) is 4.99 Å². The van der Waals surface area contributed by atoms with Crippen molar-refractivity contribution in [2.45, 2.75) is 116 Å². The second kappa shape index (κ2) is 14.3. The number of nitrogens with one attached hydrogen (secondary N) is 3. The molecule has 6 N–H and O–H groups in total. The van der Waals surface area contributed by atoms with E-state index in [0.717, 1.165) is 32.0 Å². The largest absolute Gasteiger partial charge is 0.463 e. The maximum absolute atomic E-state index is 13.0. The number of carbonyl (C=O) groups excluding carboxylic acids is 3. The van der Waals surface area contributed by atoms with E-state index in [4.69, 9.17) is 30.1 Å². The summed E-state index contributed by atoms with van der Waals surface area (Å²) in [7, 11) is 1.40. The average molecular weight is 620 g/mol. The van der Waals surface area contributed by atoms with E-state index in [1.807, 2.05) is 0 Å². The lowest BCUT2D eigenvalue weighted by molar-refractivity contribution is -0.164. The van der Waals surface area contributed by atoms with Crippen molar-refractivity contribution in [2.75, 3.05) is 13.7 Å². The monoisotopic (exact) mass is 619 g/mol. The van der Waals surface area contributed by atoms with Gasteiger partial charge in [0.25, 0.3) is 5.91 Å². The van der Waals surface area contributed by atoms with Crippen LogP contribution >= 0.6 is 0 Å². The van der Waals surface area contributed by atoms with Crippen LogP contribution in [-0.2, 0) is 38.9 Å². The second-order valence-corrected chi connectivity index (χ2v) is 13.4. The summed E-state index contributed by atoms with van der Waals surface area (Å²) in [5, 5.41) is 21.7. The van der Waals surface area contributed by atoms with E-state index in [2.05, 4.69) is 15.3 Å². The van der Waals surface area contributed by atoms with Crippen molar-refractivity contribution in [3.05, 3.63) is 23.5 Å². The molecule has 1 amide bonds. The number of aromatic nitrogens is 1. The number of aliphatic imine (C=N–C) groups is 1. The molecule has 13 nitrogen and oxygen atoms in total. The second-order valence-electron chi connectivity index (χ2n) is 13.4. The number of amidine groups is 1. The smallest absolute Gasteiger partial charge is 0.323 e. The predicted octanol–water partition coefficient (Wildman–Crippen LogP) is 2.68. The molecule has 1 saturated heterocycles. The highest BCUT2D eigenvalue weighted by Gasteiger charge is 2.56. The fourth-order valence-electron chi connectivity index (χ4n) is 5.29. The number of nitrogens with zero attached hydrogens (tertiary/aromatic N) is 1. The van der Waals surface area contributed by atoms with Crippen LogP contribution < -0.4 is 11.1 Å². The Hall–Kier alpha value is -3.13. The number of ether oxygens (including phenoxy) is 4. The van der Waals surface area contributed by atoms with Gasteiger partial charge in [-0.2, -0.15) is 0 Å². The third-order valence-corrected chi connectivity index (χ3v) is 8.62.